The van der Waals surface area contributed by atoms with Gasteiger partial charge in [-0.2, -0.15) is 0 Å². The molecule has 0 bridgehead atoms. The van der Waals surface area contributed by atoms with E-state index in [1.165, 1.54) is 12.7 Å². The number of rotatable bonds is 5. The fourth-order valence-electron chi connectivity index (χ4n) is 1.91. The number of methoxy groups -OCH3 is 1. The molecule has 0 aliphatic carbocycles. The maximum atomic E-state index is 11.7. The fraction of sp³-hybridized carbons (Fsp3) is 0.533. The van der Waals surface area contributed by atoms with Crippen molar-refractivity contribution >= 4 is 11.7 Å². The van der Waals surface area contributed by atoms with Crippen molar-refractivity contribution in [1.29, 1.82) is 0 Å². The largest absolute Gasteiger partial charge is 0.469 e. The third-order valence-corrected chi connectivity index (χ3v) is 3.25. The normalized spacial score (nSPS) is 12.3. The summed E-state index contributed by atoms with van der Waals surface area (Å²) in [6.07, 6.45) is 0. The van der Waals surface area contributed by atoms with Gasteiger partial charge in [0.05, 0.1) is 13.0 Å². The van der Waals surface area contributed by atoms with Crippen LogP contribution in [0.25, 0.3) is 0 Å². The van der Waals surface area contributed by atoms with Gasteiger partial charge in [0.1, 0.15) is 0 Å². The lowest BCUT2D eigenvalue weighted by molar-refractivity contribution is -0.146. The number of nitrogens with zero attached hydrogens (tertiary/aromatic N) is 1. The monoisotopic (exact) mass is 249 g/mol. The van der Waals surface area contributed by atoms with E-state index in [2.05, 4.69) is 36.1 Å². The molecule has 0 spiro atoms. The first-order valence-corrected chi connectivity index (χ1v) is 6.31. The van der Waals surface area contributed by atoms with Gasteiger partial charge in [-0.15, -0.1) is 0 Å². The molecular formula is C15H23NO2. The molecule has 0 saturated carbocycles. The first-order valence-electron chi connectivity index (χ1n) is 6.31. The Morgan fingerprint density at radius 1 is 1.28 bits per heavy atom. The summed E-state index contributed by atoms with van der Waals surface area (Å²) in [6, 6.07) is 8.30. The summed E-state index contributed by atoms with van der Waals surface area (Å²) in [7, 11) is 3.45. The number of hydrogen-bond donors (Lipinski definition) is 0. The lowest BCUT2D eigenvalue weighted by Gasteiger charge is -2.26. The summed E-state index contributed by atoms with van der Waals surface area (Å²) in [6.45, 7) is 6.83. The molecule has 0 heterocycles. The minimum absolute atomic E-state index is 0.0960. The van der Waals surface area contributed by atoms with Gasteiger partial charge in [0.25, 0.3) is 0 Å². The van der Waals surface area contributed by atoms with Gasteiger partial charge in [-0.25, -0.2) is 0 Å². The molecule has 1 unspecified atom stereocenters. The Morgan fingerprint density at radius 3 is 2.28 bits per heavy atom. The second-order valence-corrected chi connectivity index (χ2v) is 5.09. The topological polar surface area (TPSA) is 29.5 Å². The van der Waals surface area contributed by atoms with E-state index in [1.54, 1.807) is 0 Å². The van der Waals surface area contributed by atoms with Gasteiger partial charge in [-0.3, -0.25) is 4.79 Å². The van der Waals surface area contributed by atoms with Crippen LogP contribution in [0.4, 0.5) is 5.69 Å². The highest BCUT2D eigenvalue weighted by Gasteiger charge is 2.24. The van der Waals surface area contributed by atoms with Crippen LogP contribution in [0.2, 0.25) is 0 Å². The molecule has 100 valence electrons. The van der Waals surface area contributed by atoms with Crippen LogP contribution in [0.3, 0.4) is 0 Å². The Hall–Kier alpha value is -1.51. The molecule has 0 saturated heterocycles. The lowest BCUT2D eigenvalue weighted by Crippen LogP contribution is -2.34. The van der Waals surface area contributed by atoms with Crippen LogP contribution in [0.5, 0.6) is 0 Å². The van der Waals surface area contributed by atoms with Crippen LogP contribution in [-0.2, 0) is 9.53 Å². The van der Waals surface area contributed by atoms with Crippen molar-refractivity contribution in [3.05, 3.63) is 29.8 Å². The van der Waals surface area contributed by atoms with E-state index in [1.807, 2.05) is 20.9 Å². The first kappa shape index (κ1) is 14.6. The summed E-state index contributed by atoms with van der Waals surface area (Å²) >= 11 is 0. The number of carbonyl (C=O) groups is 1. The summed E-state index contributed by atoms with van der Waals surface area (Å²) < 4.78 is 4.86. The van der Waals surface area contributed by atoms with E-state index in [0.29, 0.717) is 6.54 Å². The molecule has 3 heteroatoms. The average molecular weight is 249 g/mol. The number of ether oxygens (including phenoxy) is 1. The Morgan fingerprint density at radius 2 is 1.83 bits per heavy atom. The number of benzene rings is 1. The number of esters is 1. The van der Waals surface area contributed by atoms with Gasteiger partial charge in [-0.1, -0.05) is 31.5 Å². The summed E-state index contributed by atoms with van der Waals surface area (Å²) in [4.78, 5) is 13.8. The molecule has 0 amide bonds. The minimum Gasteiger partial charge on any atom is -0.469 e. The predicted octanol–water partition coefficient (Wildman–Crippen LogP) is 2.88. The zero-order valence-corrected chi connectivity index (χ0v) is 11.9. The Balaban J connectivity index is 2.75. The zero-order chi connectivity index (χ0) is 13.7. The van der Waals surface area contributed by atoms with E-state index < -0.39 is 0 Å². The zero-order valence-electron chi connectivity index (χ0n) is 11.9. The summed E-state index contributed by atoms with van der Waals surface area (Å²) in [5.74, 6) is 0.0376. The van der Waals surface area contributed by atoms with E-state index in [-0.39, 0.29) is 17.8 Å². The van der Waals surface area contributed by atoms with Crippen LogP contribution in [0.15, 0.2) is 24.3 Å². The number of carbonyl (C=O) groups excluding carboxylic acids is 1. The van der Waals surface area contributed by atoms with Crippen LogP contribution in [0, 0.1) is 18.8 Å². The maximum Gasteiger partial charge on any atom is 0.310 e. The number of hydrogen-bond acceptors (Lipinski definition) is 3. The van der Waals surface area contributed by atoms with Gasteiger partial charge in [-0.05, 0) is 25.0 Å². The molecule has 0 aliphatic rings. The van der Waals surface area contributed by atoms with Crippen LogP contribution < -0.4 is 4.90 Å². The standard InChI is InChI=1S/C15H23NO2/c1-11(2)14(15(17)18-5)10-16(4)13-8-6-12(3)7-9-13/h6-9,11,14H,10H2,1-5H3. The van der Waals surface area contributed by atoms with E-state index in [9.17, 15) is 4.79 Å². The Labute approximate surface area is 110 Å². The van der Waals surface area contributed by atoms with Gasteiger partial charge in [0.15, 0.2) is 0 Å². The van der Waals surface area contributed by atoms with Gasteiger partial charge >= 0.3 is 5.97 Å². The Bertz CT molecular complexity index is 384. The highest BCUT2D eigenvalue weighted by Crippen LogP contribution is 2.19. The van der Waals surface area contributed by atoms with E-state index >= 15 is 0 Å². The second-order valence-electron chi connectivity index (χ2n) is 5.09. The van der Waals surface area contributed by atoms with Crippen LogP contribution >= 0.6 is 0 Å². The van der Waals surface area contributed by atoms with Crippen molar-refractivity contribution in [2.24, 2.45) is 11.8 Å². The van der Waals surface area contributed by atoms with Crippen LogP contribution in [0.1, 0.15) is 19.4 Å². The minimum atomic E-state index is -0.135. The first-order chi connectivity index (χ1) is 8.45. The molecule has 0 N–H and O–H groups in total. The number of anilines is 1. The molecule has 1 atom stereocenters. The summed E-state index contributed by atoms with van der Waals surface area (Å²) in [5, 5.41) is 0. The van der Waals surface area contributed by atoms with E-state index in [0.717, 1.165) is 5.69 Å². The van der Waals surface area contributed by atoms with Gasteiger partial charge in [0, 0.05) is 19.3 Å². The maximum absolute atomic E-state index is 11.7. The molecule has 1 rings (SSSR count). The Kier molecular flexibility index (Phi) is 5.20. The summed E-state index contributed by atoms with van der Waals surface area (Å²) in [5.41, 5.74) is 2.36. The van der Waals surface area contributed by atoms with Crippen molar-refractivity contribution in [2.45, 2.75) is 20.8 Å². The highest BCUT2D eigenvalue weighted by molar-refractivity contribution is 5.73. The third-order valence-electron chi connectivity index (χ3n) is 3.25. The van der Waals surface area contributed by atoms with Crippen molar-refractivity contribution in [3.8, 4) is 0 Å². The predicted molar refractivity (Wildman–Crippen MR) is 74.8 cm³/mol. The molecule has 1 aromatic rings. The van der Waals surface area contributed by atoms with Crippen molar-refractivity contribution in [3.63, 3.8) is 0 Å². The third kappa shape index (κ3) is 3.76. The van der Waals surface area contributed by atoms with Gasteiger partial charge in [0.2, 0.25) is 0 Å². The van der Waals surface area contributed by atoms with Crippen molar-refractivity contribution in [2.75, 3.05) is 25.6 Å². The van der Waals surface area contributed by atoms with Gasteiger partial charge < -0.3 is 9.64 Å². The fourth-order valence-corrected chi connectivity index (χ4v) is 1.91. The molecule has 0 aromatic heterocycles. The molecule has 3 nitrogen and oxygen atoms in total. The van der Waals surface area contributed by atoms with E-state index in [4.69, 9.17) is 4.74 Å². The van der Waals surface area contributed by atoms with Crippen LogP contribution in [-0.4, -0.2) is 26.7 Å². The molecule has 0 aliphatic heterocycles. The highest BCUT2D eigenvalue weighted by atomic mass is 16.5. The smallest absolute Gasteiger partial charge is 0.310 e. The number of aryl methyl sites for hydroxylation is 1. The molecule has 0 fully saturated rings. The second kappa shape index (κ2) is 6.43. The quantitative estimate of drug-likeness (QED) is 0.751. The molecular weight excluding hydrogens is 226 g/mol. The average Bonchev–Trinajstić information content (AvgIpc) is 2.35. The SMILES string of the molecule is COC(=O)C(CN(C)c1ccc(C)cc1)C(C)C. The lowest BCUT2D eigenvalue weighted by atomic mass is 9.95. The van der Waals surface area contributed by atoms with Crippen molar-refractivity contribution in [1.82, 2.24) is 0 Å². The molecule has 18 heavy (non-hydrogen) atoms. The van der Waals surface area contributed by atoms with Crippen molar-refractivity contribution < 1.29 is 9.53 Å². The molecule has 0 radical (unpaired) electrons. The molecule has 1 aromatic carbocycles.